The summed E-state index contributed by atoms with van der Waals surface area (Å²) in [6.07, 6.45) is 3.12. The van der Waals surface area contributed by atoms with Gasteiger partial charge >= 0.3 is 0 Å². The van der Waals surface area contributed by atoms with E-state index in [-0.39, 0.29) is 11.5 Å². The molecule has 0 spiro atoms. The molecule has 1 aliphatic rings. The Morgan fingerprint density at radius 3 is 2.53 bits per heavy atom. The van der Waals surface area contributed by atoms with Crippen molar-refractivity contribution in [1.29, 1.82) is 5.41 Å². The van der Waals surface area contributed by atoms with E-state index in [2.05, 4.69) is 0 Å². The average molecular weight is 211 g/mol. The van der Waals surface area contributed by atoms with Gasteiger partial charge in [-0.15, -0.1) is 0 Å². The molecule has 5 heteroatoms. The minimum absolute atomic E-state index is 0.0704. The van der Waals surface area contributed by atoms with Crippen molar-refractivity contribution in [3.63, 3.8) is 0 Å². The lowest BCUT2D eigenvalue weighted by atomic mass is 10.3. The summed E-state index contributed by atoms with van der Waals surface area (Å²) in [4.78, 5) is 1.90. The Hall–Kier alpha value is -1.49. The molecule has 84 valence electrons. The van der Waals surface area contributed by atoms with Gasteiger partial charge in [0.1, 0.15) is 11.6 Å². The highest BCUT2D eigenvalue weighted by molar-refractivity contribution is 5.90. The van der Waals surface area contributed by atoms with Crippen LogP contribution >= 0.6 is 0 Å². The van der Waals surface area contributed by atoms with Gasteiger partial charge in [-0.25, -0.2) is 0 Å². The zero-order chi connectivity index (χ0) is 11.3. The summed E-state index contributed by atoms with van der Waals surface area (Å²) in [6.45, 7) is 4.27. The highest BCUT2D eigenvalue weighted by atomic mass is 16.5. The number of morpholine rings is 1. The fourth-order valence-electron chi connectivity index (χ4n) is 1.20. The predicted molar refractivity (Wildman–Crippen MR) is 58.8 cm³/mol. The second-order valence-corrected chi connectivity index (χ2v) is 3.36. The Labute approximate surface area is 89.3 Å². The summed E-state index contributed by atoms with van der Waals surface area (Å²) in [5.41, 5.74) is 5.78. The second-order valence-electron chi connectivity index (χ2n) is 3.36. The van der Waals surface area contributed by atoms with Gasteiger partial charge in [0.2, 0.25) is 0 Å². The third-order valence-electron chi connectivity index (χ3n) is 2.19. The number of aliphatic hydroxyl groups is 1. The van der Waals surface area contributed by atoms with E-state index in [1.54, 1.807) is 6.08 Å². The van der Waals surface area contributed by atoms with Gasteiger partial charge in [0.15, 0.2) is 0 Å². The molecule has 1 fully saturated rings. The minimum atomic E-state index is 0.0704. The van der Waals surface area contributed by atoms with E-state index < -0.39 is 0 Å². The molecule has 0 aromatic heterocycles. The number of amidine groups is 1. The number of nitrogens with two attached hydrogens (primary N) is 1. The molecule has 0 bridgehead atoms. The van der Waals surface area contributed by atoms with Gasteiger partial charge in [-0.05, 0) is 19.1 Å². The topological polar surface area (TPSA) is 82.6 Å². The number of hydrogen-bond acceptors (Lipinski definition) is 4. The van der Waals surface area contributed by atoms with Crippen LogP contribution in [0.3, 0.4) is 0 Å². The van der Waals surface area contributed by atoms with Gasteiger partial charge in [-0.1, -0.05) is 0 Å². The van der Waals surface area contributed by atoms with Crippen molar-refractivity contribution >= 4 is 5.84 Å². The molecule has 0 aliphatic carbocycles. The van der Waals surface area contributed by atoms with Crippen LogP contribution in [0.5, 0.6) is 0 Å². The van der Waals surface area contributed by atoms with E-state index in [4.69, 9.17) is 21.0 Å². The van der Waals surface area contributed by atoms with Crippen LogP contribution in [-0.2, 0) is 4.74 Å². The van der Waals surface area contributed by atoms with E-state index >= 15 is 0 Å². The lowest BCUT2D eigenvalue weighted by molar-refractivity contribution is 0.0681. The first-order valence-electron chi connectivity index (χ1n) is 4.86. The molecule has 15 heavy (non-hydrogen) atoms. The fourth-order valence-corrected chi connectivity index (χ4v) is 1.20. The number of hydrogen-bond donors (Lipinski definition) is 3. The first kappa shape index (κ1) is 11.6. The Morgan fingerprint density at radius 2 is 2.00 bits per heavy atom. The maximum absolute atomic E-state index is 9.04. The molecule has 0 unspecified atom stereocenters. The maximum atomic E-state index is 9.04. The van der Waals surface area contributed by atoms with Crippen LogP contribution in [0.4, 0.5) is 0 Å². The number of ether oxygens (including phenoxy) is 1. The van der Waals surface area contributed by atoms with Crippen LogP contribution in [0.2, 0.25) is 0 Å². The lowest BCUT2D eigenvalue weighted by Gasteiger charge is -2.27. The van der Waals surface area contributed by atoms with Crippen LogP contribution in [0.1, 0.15) is 6.92 Å². The van der Waals surface area contributed by atoms with Crippen molar-refractivity contribution in [1.82, 2.24) is 4.90 Å². The summed E-state index contributed by atoms with van der Waals surface area (Å²) >= 11 is 0. The molecule has 5 nitrogen and oxygen atoms in total. The first-order valence-corrected chi connectivity index (χ1v) is 4.86. The van der Waals surface area contributed by atoms with Crippen LogP contribution in [-0.4, -0.2) is 42.1 Å². The Balaban J connectivity index is 2.51. The zero-order valence-electron chi connectivity index (χ0n) is 8.86. The normalized spacial score (nSPS) is 19.1. The third kappa shape index (κ3) is 3.63. The summed E-state index contributed by atoms with van der Waals surface area (Å²) in [7, 11) is 0. The molecule has 4 N–H and O–H groups in total. The molecule has 1 saturated heterocycles. The quantitative estimate of drug-likeness (QED) is 0.270. The number of nitrogens with zero attached hydrogens (tertiary/aromatic N) is 1. The van der Waals surface area contributed by atoms with Crippen molar-refractivity contribution in [3.05, 3.63) is 23.6 Å². The van der Waals surface area contributed by atoms with Gasteiger partial charge in [-0.2, -0.15) is 0 Å². The third-order valence-corrected chi connectivity index (χ3v) is 2.19. The molecule has 0 atom stereocenters. The van der Waals surface area contributed by atoms with Gasteiger partial charge in [0.25, 0.3) is 0 Å². The molecule has 0 radical (unpaired) electrons. The molecule has 0 aromatic carbocycles. The van der Waals surface area contributed by atoms with Crippen molar-refractivity contribution < 1.29 is 9.84 Å². The largest absolute Gasteiger partial charge is 0.510 e. The van der Waals surface area contributed by atoms with Crippen LogP contribution in [0, 0.1) is 5.41 Å². The average Bonchev–Trinajstić information content (AvgIpc) is 2.26. The maximum Gasteiger partial charge on any atom is 0.120 e. The monoisotopic (exact) mass is 211 g/mol. The van der Waals surface area contributed by atoms with Crippen molar-refractivity contribution in [2.45, 2.75) is 6.92 Å². The molecule has 0 saturated carbocycles. The Morgan fingerprint density at radius 1 is 1.40 bits per heavy atom. The number of aliphatic hydroxyl groups excluding tert-OH is 1. The molecule has 1 aliphatic heterocycles. The van der Waals surface area contributed by atoms with E-state index in [0.717, 1.165) is 13.1 Å². The van der Waals surface area contributed by atoms with E-state index in [1.807, 2.05) is 4.90 Å². The first-order chi connectivity index (χ1) is 7.11. The molecule has 0 amide bonds. The van der Waals surface area contributed by atoms with Crippen molar-refractivity contribution in [2.75, 3.05) is 26.3 Å². The van der Waals surface area contributed by atoms with Crippen molar-refractivity contribution in [3.8, 4) is 0 Å². The Kier molecular flexibility index (Phi) is 4.17. The summed E-state index contributed by atoms with van der Waals surface area (Å²) in [6, 6.07) is 0. The molecule has 0 aromatic rings. The zero-order valence-corrected chi connectivity index (χ0v) is 8.86. The molecule has 1 rings (SSSR count). The van der Waals surface area contributed by atoms with Gasteiger partial charge in [0, 0.05) is 13.1 Å². The number of nitrogens with one attached hydrogen (secondary N) is 1. The van der Waals surface area contributed by atoms with Gasteiger partial charge in [-0.3, -0.25) is 5.41 Å². The second kappa shape index (κ2) is 5.41. The number of allylic oxidation sites excluding steroid dienone is 2. The summed E-state index contributed by atoms with van der Waals surface area (Å²) < 4.78 is 5.18. The van der Waals surface area contributed by atoms with Crippen LogP contribution in [0.15, 0.2) is 23.6 Å². The summed E-state index contributed by atoms with van der Waals surface area (Å²) in [5.74, 6) is 0.462. The highest BCUT2D eigenvalue weighted by Gasteiger charge is 2.11. The standard InChI is InChI=1S/C10H17N3O2/c1-8(14)9(11)2-3-10(12)13-4-6-15-7-5-13/h2-3,12,14H,4-7,11H2,1H3. The molecular weight excluding hydrogens is 194 g/mol. The smallest absolute Gasteiger partial charge is 0.120 e. The van der Waals surface area contributed by atoms with Gasteiger partial charge < -0.3 is 20.5 Å². The lowest BCUT2D eigenvalue weighted by Crippen LogP contribution is -2.39. The van der Waals surface area contributed by atoms with E-state index in [1.165, 1.54) is 13.0 Å². The highest BCUT2D eigenvalue weighted by Crippen LogP contribution is 2.00. The van der Waals surface area contributed by atoms with Gasteiger partial charge in [0.05, 0.1) is 18.9 Å². The van der Waals surface area contributed by atoms with Crippen LogP contribution in [0.25, 0.3) is 0 Å². The summed E-state index contributed by atoms with van der Waals surface area (Å²) in [5, 5.41) is 16.8. The molecular formula is C10H17N3O2. The Bertz CT molecular complexity index is 287. The predicted octanol–water partition coefficient (Wildman–Crippen LogP) is 0.600. The van der Waals surface area contributed by atoms with E-state index in [0.29, 0.717) is 19.0 Å². The fraction of sp³-hybridized carbons (Fsp3) is 0.500. The van der Waals surface area contributed by atoms with Crippen LogP contribution < -0.4 is 5.73 Å². The molecule has 1 heterocycles. The van der Waals surface area contributed by atoms with Crippen molar-refractivity contribution in [2.24, 2.45) is 5.73 Å². The van der Waals surface area contributed by atoms with E-state index in [9.17, 15) is 0 Å². The number of rotatable bonds is 2. The SMILES string of the molecule is CC(O)=C(N)C=CC(=N)N1CCOCC1. The minimum Gasteiger partial charge on any atom is -0.510 e.